The molecule has 3 nitrogen and oxygen atoms in total. The Balaban J connectivity index is 1.86. The molecule has 0 saturated heterocycles. The fourth-order valence-corrected chi connectivity index (χ4v) is 4.38. The van der Waals surface area contributed by atoms with Crippen molar-refractivity contribution in [3.8, 4) is 16.9 Å². The normalized spacial score (nSPS) is 17.3. The van der Waals surface area contributed by atoms with Gasteiger partial charge < -0.3 is 10.2 Å². The minimum Gasteiger partial charge on any atom is -0.507 e. The van der Waals surface area contributed by atoms with E-state index in [1.54, 1.807) is 6.07 Å². The van der Waals surface area contributed by atoms with Gasteiger partial charge >= 0.3 is 5.97 Å². The monoisotopic (exact) mass is 374 g/mol. The number of rotatable bonds is 2. The molecule has 3 aromatic carbocycles. The summed E-state index contributed by atoms with van der Waals surface area (Å²) in [7, 11) is 0. The van der Waals surface area contributed by atoms with E-state index in [1.807, 2.05) is 6.07 Å². The van der Waals surface area contributed by atoms with E-state index in [-0.39, 0.29) is 22.1 Å². The summed E-state index contributed by atoms with van der Waals surface area (Å²) < 4.78 is 0. The van der Waals surface area contributed by atoms with Gasteiger partial charge in [0.15, 0.2) is 0 Å². The number of hydrogen-bond acceptors (Lipinski definition) is 2. The predicted molar refractivity (Wildman–Crippen MR) is 113 cm³/mol. The average Bonchev–Trinajstić information content (AvgIpc) is 2.64. The molecule has 144 valence electrons. The van der Waals surface area contributed by atoms with Crippen LogP contribution in [0.25, 0.3) is 21.9 Å². The first kappa shape index (κ1) is 18.5. The summed E-state index contributed by atoms with van der Waals surface area (Å²) in [4.78, 5) is 11.1. The van der Waals surface area contributed by atoms with Crippen LogP contribution < -0.4 is 0 Å². The summed E-state index contributed by atoms with van der Waals surface area (Å²) in [5.41, 5.74) is 4.87. The molecule has 3 aromatic rings. The van der Waals surface area contributed by atoms with Gasteiger partial charge in [-0.1, -0.05) is 58.0 Å². The third-order valence-electron chi connectivity index (χ3n) is 6.37. The van der Waals surface area contributed by atoms with E-state index in [9.17, 15) is 9.90 Å². The first-order valence-corrected chi connectivity index (χ1v) is 9.74. The van der Waals surface area contributed by atoms with E-state index in [4.69, 9.17) is 5.11 Å². The Hall–Kier alpha value is -2.81. The number of carboxylic acids is 1. The van der Waals surface area contributed by atoms with Crippen LogP contribution in [-0.2, 0) is 10.8 Å². The molecule has 1 aliphatic carbocycles. The Labute approximate surface area is 165 Å². The molecule has 0 amide bonds. The van der Waals surface area contributed by atoms with E-state index >= 15 is 0 Å². The molecule has 0 bridgehead atoms. The van der Waals surface area contributed by atoms with Gasteiger partial charge in [0.25, 0.3) is 0 Å². The van der Waals surface area contributed by atoms with Crippen LogP contribution >= 0.6 is 0 Å². The second kappa shape index (κ2) is 6.10. The molecule has 0 spiro atoms. The molecule has 0 radical (unpaired) electrons. The van der Waals surface area contributed by atoms with Crippen LogP contribution in [0.15, 0.2) is 48.5 Å². The molecule has 0 atom stereocenters. The van der Waals surface area contributed by atoms with Gasteiger partial charge in [-0.15, -0.1) is 0 Å². The van der Waals surface area contributed by atoms with Crippen LogP contribution in [0.5, 0.6) is 5.75 Å². The fourth-order valence-electron chi connectivity index (χ4n) is 4.38. The van der Waals surface area contributed by atoms with Crippen LogP contribution in [-0.4, -0.2) is 16.2 Å². The molecule has 0 saturated carbocycles. The van der Waals surface area contributed by atoms with Crippen molar-refractivity contribution in [2.45, 2.75) is 51.4 Å². The third kappa shape index (κ3) is 2.95. The van der Waals surface area contributed by atoms with Gasteiger partial charge in [0.05, 0.1) is 0 Å². The largest absolute Gasteiger partial charge is 0.507 e. The average molecular weight is 374 g/mol. The number of aromatic hydroxyl groups is 1. The number of fused-ring (bicyclic) bond motifs is 2. The fraction of sp³-hybridized carbons (Fsp3) is 0.320. The Kier molecular flexibility index (Phi) is 4.04. The van der Waals surface area contributed by atoms with Gasteiger partial charge in [0, 0.05) is 0 Å². The highest BCUT2D eigenvalue weighted by Crippen LogP contribution is 2.47. The topological polar surface area (TPSA) is 57.5 Å². The molecule has 0 heterocycles. The highest BCUT2D eigenvalue weighted by Gasteiger charge is 2.37. The van der Waals surface area contributed by atoms with Crippen LogP contribution in [0.4, 0.5) is 0 Å². The van der Waals surface area contributed by atoms with Crippen molar-refractivity contribution in [2.24, 2.45) is 0 Å². The molecule has 4 rings (SSSR count). The van der Waals surface area contributed by atoms with E-state index in [1.165, 1.54) is 46.9 Å². The van der Waals surface area contributed by atoms with E-state index in [0.717, 1.165) is 11.1 Å². The Morgan fingerprint density at radius 1 is 0.786 bits per heavy atom. The summed E-state index contributed by atoms with van der Waals surface area (Å²) in [6.45, 7) is 9.29. The van der Waals surface area contributed by atoms with Crippen molar-refractivity contribution < 1.29 is 15.0 Å². The summed E-state index contributed by atoms with van der Waals surface area (Å²) in [6.07, 6.45) is 2.36. The second-order valence-electron chi connectivity index (χ2n) is 9.26. The quantitative estimate of drug-likeness (QED) is 0.556. The van der Waals surface area contributed by atoms with Crippen LogP contribution in [0, 0.1) is 0 Å². The molecule has 0 aromatic heterocycles. The lowest BCUT2D eigenvalue weighted by Crippen LogP contribution is -2.33. The second-order valence-corrected chi connectivity index (χ2v) is 9.26. The lowest BCUT2D eigenvalue weighted by Gasteiger charge is -2.42. The lowest BCUT2D eigenvalue weighted by molar-refractivity contribution is 0.0694. The Morgan fingerprint density at radius 3 is 1.89 bits per heavy atom. The third-order valence-corrected chi connectivity index (χ3v) is 6.37. The SMILES string of the molecule is CC1(C)CCC(C)(C)c2cc3cc(-c4ccc(C(=O)O)c(O)c4)ccc3cc21. The molecule has 0 unspecified atom stereocenters. The van der Waals surface area contributed by atoms with Gasteiger partial charge in [-0.2, -0.15) is 0 Å². The molecular weight excluding hydrogens is 348 g/mol. The van der Waals surface area contributed by atoms with Crippen LogP contribution in [0.2, 0.25) is 0 Å². The van der Waals surface area contributed by atoms with Gasteiger partial charge in [-0.3, -0.25) is 0 Å². The molecule has 0 fully saturated rings. The molecule has 0 aliphatic heterocycles. The van der Waals surface area contributed by atoms with Crippen molar-refractivity contribution in [2.75, 3.05) is 0 Å². The molecule has 2 N–H and O–H groups in total. The zero-order chi connectivity index (χ0) is 20.3. The summed E-state index contributed by atoms with van der Waals surface area (Å²) in [5, 5.41) is 21.5. The zero-order valence-electron chi connectivity index (χ0n) is 16.8. The highest BCUT2D eigenvalue weighted by molar-refractivity contribution is 5.93. The first-order valence-electron chi connectivity index (χ1n) is 9.74. The van der Waals surface area contributed by atoms with Gasteiger partial charge in [-0.05, 0) is 74.9 Å². The molecule has 3 heteroatoms. The van der Waals surface area contributed by atoms with Gasteiger partial charge in [-0.25, -0.2) is 4.79 Å². The number of carbonyl (C=O) groups is 1. The Morgan fingerprint density at radius 2 is 1.32 bits per heavy atom. The number of benzene rings is 3. The van der Waals surface area contributed by atoms with Gasteiger partial charge in [0.2, 0.25) is 0 Å². The highest BCUT2D eigenvalue weighted by atomic mass is 16.4. The van der Waals surface area contributed by atoms with Crippen molar-refractivity contribution in [1.29, 1.82) is 0 Å². The van der Waals surface area contributed by atoms with Crippen molar-refractivity contribution in [3.05, 3.63) is 65.2 Å². The van der Waals surface area contributed by atoms with Crippen LogP contribution in [0.1, 0.15) is 62.0 Å². The van der Waals surface area contributed by atoms with E-state index in [2.05, 4.69) is 52.0 Å². The molecule has 28 heavy (non-hydrogen) atoms. The minimum absolute atomic E-state index is 0.0809. The van der Waals surface area contributed by atoms with E-state index < -0.39 is 5.97 Å². The van der Waals surface area contributed by atoms with E-state index in [0.29, 0.717) is 0 Å². The predicted octanol–water partition coefficient (Wildman–Crippen LogP) is 6.26. The smallest absolute Gasteiger partial charge is 0.339 e. The van der Waals surface area contributed by atoms with Crippen LogP contribution in [0.3, 0.4) is 0 Å². The van der Waals surface area contributed by atoms with Gasteiger partial charge in [0.1, 0.15) is 11.3 Å². The number of hydrogen-bond donors (Lipinski definition) is 2. The lowest BCUT2D eigenvalue weighted by atomic mass is 9.63. The summed E-state index contributed by atoms with van der Waals surface area (Å²) >= 11 is 0. The maximum atomic E-state index is 11.1. The molecule has 1 aliphatic rings. The summed E-state index contributed by atoms with van der Waals surface area (Å²) in [5.74, 6) is -1.34. The number of carboxylic acid groups (broad SMARTS) is 1. The minimum atomic E-state index is -1.13. The molecular formula is C25H26O3. The maximum Gasteiger partial charge on any atom is 0.339 e. The maximum absolute atomic E-state index is 11.1. The van der Waals surface area contributed by atoms with Crippen molar-refractivity contribution in [1.82, 2.24) is 0 Å². The Bertz CT molecular complexity index is 1110. The number of phenols is 1. The van der Waals surface area contributed by atoms with Crippen molar-refractivity contribution >= 4 is 16.7 Å². The summed E-state index contributed by atoms with van der Waals surface area (Å²) in [6, 6.07) is 15.7. The zero-order valence-corrected chi connectivity index (χ0v) is 16.8. The van der Waals surface area contributed by atoms with Crippen molar-refractivity contribution in [3.63, 3.8) is 0 Å². The first-order chi connectivity index (χ1) is 13.1. The standard InChI is InChI=1S/C25H26O3/c1-24(2)9-10-25(3,4)21-13-18-11-15(5-6-16(18)12-20(21)24)17-7-8-19(23(27)28)22(26)14-17/h5-8,11-14,26H,9-10H2,1-4H3,(H,27,28). The number of aromatic carboxylic acids is 1.